The maximum Gasteiger partial charge on any atom is 0.134 e. The molecule has 0 aliphatic heterocycles. The van der Waals surface area contributed by atoms with Crippen molar-refractivity contribution in [3.8, 4) is 5.75 Å². The number of hydrogen-bond donors (Lipinski definition) is 1. The topological polar surface area (TPSA) is 52.3 Å². The van der Waals surface area contributed by atoms with Gasteiger partial charge in [-0.2, -0.15) is 0 Å². The summed E-state index contributed by atoms with van der Waals surface area (Å²) < 4.78 is 31.0. The molecule has 1 unspecified atom stereocenters. The Morgan fingerprint density at radius 3 is 2.70 bits per heavy atom. The smallest absolute Gasteiger partial charge is 0.134 e. The van der Waals surface area contributed by atoms with Crippen LogP contribution in [0, 0.1) is 5.82 Å². The minimum Gasteiger partial charge on any atom is -0.495 e. The molecular formula is C15H16FNO2S. The highest BCUT2D eigenvalue weighted by atomic mass is 32.2. The van der Waals surface area contributed by atoms with E-state index in [4.69, 9.17) is 10.5 Å². The van der Waals surface area contributed by atoms with Crippen LogP contribution in [0.25, 0.3) is 0 Å². The summed E-state index contributed by atoms with van der Waals surface area (Å²) in [6.45, 7) is 0.126. The molecule has 0 saturated carbocycles. The summed E-state index contributed by atoms with van der Waals surface area (Å²) in [7, 11) is 0.291. The molecule has 0 aromatic heterocycles. The molecule has 5 heteroatoms. The molecule has 0 spiro atoms. The molecule has 2 rings (SSSR count). The van der Waals surface area contributed by atoms with Gasteiger partial charge in [-0.05, 0) is 23.8 Å². The first-order chi connectivity index (χ1) is 9.65. The molecule has 1 atom stereocenters. The van der Waals surface area contributed by atoms with Crippen LogP contribution < -0.4 is 10.5 Å². The Morgan fingerprint density at radius 1 is 1.25 bits per heavy atom. The second-order valence-electron chi connectivity index (χ2n) is 4.27. The molecule has 2 aromatic carbocycles. The van der Waals surface area contributed by atoms with E-state index in [1.165, 1.54) is 6.07 Å². The van der Waals surface area contributed by atoms with E-state index in [9.17, 15) is 8.60 Å². The lowest BCUT2D eigenvalue weighted by molar-refractivity contribution is 0.404. The van der Waals surface area contributed by atoms with Crippen LogP contribution in [0.4, 0.5) is 4.39 Å². The van der Waals surface area contributed by atoms with Gasteiger partial charge in [0.2, 0.25) is 0 Å². The number of para-hydroxylation sites is 1. The molecule has 0 aliphatic rings. The van der Waals surface area contributed by atoms with Crippen molar-refractivity contribution in [1.82, 2.24) is 0 Å². The molecule has 2 N–H and O–H groups in total. The fraction of sp³-hybridized carbons (Fsp3) is 0.200. The van der Waals surface area contributed by atoms with E-state index in [1.54, 1.807) is 31.4 Å². The van der Waals surface area contributed by atoms with Gasteiger partial charge in [0.15, 0.2) is 0 Å². The third-order valence-corrected chi connectivity index (χ3v) is 4.37. The Balaban J connectivity index is 2.23. The van der Waals surface area contributed by atoms with E-state index in [2.05, 4.69) is 0 Å². The quantitative estimate of drug-likeness (QED) is 0.922. The minimum absolute atomic E-state index is 0.126. The van der Waals surface area contributed by atoms with Crippen LogP contribution in [0.1, 0.15) is 11.1 Å². The number of methoxy groups -OCH3 is 1. The first kappa shape index (κ1) is 14.7. The molecular weight excluding hydrogens is 277 g/mol. The van der Waals surface area contributed by atoms with Crippen molar-refractivity contribution in [2.45, 2.75) is 17.2 Å². The molecule has 2 aromatic rings. The summed E-state index contributed by atoms with van der Waals surface area (Å²) in [6.07, 6.45) is 0. The summed E-state index contributed by atoms with van der Waals surface area (Å²) >= 11 is 0. The van der Waals surface area contributed by atoms with Crippen LogP contribution in [0.5, 0.6) is 5.75 Å². The van der Waals surface area contributed by atoms with Gasteiger partial charge in [0.05, 0.1) is 28.6 Å². The van der Waals surface area contributed by atoms with Crippen molar-refractivity contribution < 1.29 is 13.3 Å². The third kappa shape index (κ3) is 3.23. The van der Waals surface area contributed by atoms with Gasteiger partial charge in [-0.1, -0.05) is 24.3 Å². The molecule has 0 fully saturated rings. The van der Waals surface area contributed by atoms with Gasteiger partial charge in [0.1, 0.15) is 11.6 Å². The second kappa shape index (κ2) is 6.63. The van der Waals surface area contributed by atoms with Gasteiger partial charge < -0.3 is 10.5 Å². The zero-order valence-corrected chi connectivity index (χ0v) is 12.0. The lowest BCUT2D eigenvalue weighted by Gasteiger charge is -2.09. The van der Waals surface area contributed by atoms with Crippen molar-refractivity contribution in [1.29, 1.82) is 0 Å². The van der Waals surface area contributed by atoms with Crippen LogP contribution in [-0.2, 0) is 23.1 Å². The molecule has 3 nitrogen and oxygen atoms in total. The summed E-state index contributed by atoms with van der Waals surface area (Å²) in [5.74, 6) is 0.555. The van der Waals surface area contributed by atoms with E-state index in [-0.39, 0.29) is 12.4 Å². The fourth-order valence-electron chi connectivity index (χ4n) is 1.91. The highest BCUT2D eigenvalue weighted by Gasteiger charge is 2.11. The number of hydrogen-bond acceptors (Lipinski definition) is 3. The molecule has 0 heterocycles. The Kier molecular flexibility index (Phi) is 4.87. The monoisotopic (exact) mass is 293 g/mol. The molecule has 0 saturated heterocycles. The van der Waals surface area contributed by atoms with Crippen LogP contribution in [0.3, 0.4) is 0 Å². The van der Waals surface area contributed by atoms with Gasteiger partial charge >= 0.3 is 0 Å². The van der Waals surface area contributed by atoms with Crippen LogP contribution >= 0.6 is 0 Å². The molecule has 0 amide bonds. The SMILES string of the molecule is COc1ccccc1S(=O)Cc1ccc(F)c(CN)c1. The van der Waals surface area contributed by atoms with Crippen molar-refractivity contribution in [3.63, 3.8) is 0 Å². The zero-order chi connectivity index (χ0) is 14.5. The third-order valence-electron chi connectivity index (χ3n) is 2.94. The van der Waals surface area contributed by atoms with Gasteiger partial charge in [0, 0.05) is 12.1 Å². The fourth-order valence-corrected chi connectivity index (χ4v) is 3.15. The molecule has 0 radical (unpaired) electrons. The average molecular weight is 293 g/mol. The van der Waals surface area contributed by atoms with Gasteiger partial charge in [-0.25, -0.2) is 4.39 Å². The molecule has 0 bridgehead atoms. The first-order valence-corrected chi connectivity index (χ1v) is 7.46. The van der Waals surface area contributed by atoms with Gasteiger partial charge in [0.25, 0.3) is 0 Å². The van der Waals surface area contributed by atoms with Crippen LogP contribution in [0.15, 0.2) is 47.4 Å². The van der Waals surface area contributed by atoms with E-state index < -0.39 is 10.8 Å². The zero-order valence-electron chi connectivity index (χ0n) is 11.1. The molecule has 106 valence electrons. The Morgan fingerprint density at radius 2 is 2.00 bits per heavy atom. The Hall–Kier alpha value is -1.72. The predicted octanol–water partition coefficient (Wildman–Crippen LogP) is 2.60. The summed E-state index contributed by atoms with van der Waals surface area (Å²) in [6, 6.07) is 11.8. The maximum atomic E-state index is 13.4. The minimum atomic E-state index is -1.25. The average Bonchev–Trinajstić information content (AvgIpc) is 2.49. The second-order valence-corrected chi connectivity index (χ2v) is 5.69. The number of halogens is 1. The normalized spacial score (nSPS) is 12.2. The number of benzene rings is 2. The van der Waals surface area contributed by atoms with Crippen molar-refractivity contribution in [3.05, 3.63) is 59.4 Å². The highest BCUT2D eigenvalue weighted by Crippen LogP contribution is 2.23. The number of nitrogens with two attached hydrogens (primary N) is 1. The van der Waals surface area contributed by atoms with E-state index in [0.29, 0.717) is 22.0 Å². The van der Waals surface area contributed by atoms with Crippen molar-refractivity contribution in [2.75, 3.05) is 7.11 Å². The number of ether oxygens (including phenoxy) is 1. The highest BCUT2D eigenvalue weighted by molar-refractivity contribution is 7.84. The Labute approximate surface area is 120 Å². The van der Waals surface area contributed by atoms with Crippen LogP contribution in [0.2, 0.25) is 0 Å². The first-order valence-electron chi connectivity index (χ1n) is 6.14. The Bertz CT molecular complexity index is 631. The van der Waals surface area contributed by atoms with Crippen LogP contribution in [-0.4, -0.2) is 11.3 Å². The predicted molar refractivity (Wildman–Crippen MR) is 77.4 cm³/mol. The lowest BCUT2D eigenvalue weighted by atomic mass is 10.1. The number of rotatable bonds is 5. The van der Waals surface area contributed by atoms with Crippen molar-refractivity contribution in [2.24, 2.45) is 5.73 Å². The maximum absolute atomic E-state index is 13.4. The van der Waals surface area contributed by atoms with Crippen molar-refractivity contribution >= 4 is 10.8 Å². The summed E-state index contributed by atoms with van der Waals surface area (Å²) in [5.41, 5.74) is 6.69. The van der Waals surface area contributed by atoms with E-state index in [1.807, 2.05) is 12.1 Å². The molecule has 20 heavy (non-hydrogen) atoms. The lowest BCUT2D eigenvalue weighted by Crippen LogP contribution is -2.03. The standard InChI is InChI=1S/C15H16FNO2S/c1-19-14-4-2-3-5-15(14)20(18)10-11-6-7-13(16)12(8-11)9-17/h2-8H,9-10,17H2,1H3. The van der Waals surface area contributed by atoms with Gasteiger partial charge in [-0.3, -0.25) is 4.21 Å². The van der Waals surface area contributed by atoms with E-state index in [0.717, 1.165) is 5.56 Å². The largest absolute Gasteiger partial charge is 0.495 e. The summed E-state index contributed by atoms with van der Waals surface area (Å²) in [4.78, 5) is 0.633. The van der Waals surface area contributed by atoms with E-state index >= 15 is 0 Å². The van der Waals surface area contributed by atoms with Gasteiger partial charge in [-0.15, -0.1) is 0 Å². The molecule has 0 aliphatic carbocycles. The summed E-state index contributed by atoms with van der Waals surface area (Å²) in [5, 5.41) is 0.